The molecular formula is C33H29N5O3S. The van der Waals surface area contributed by atoms with Crippen molar-refractivity contribution in [1.29, 1.82) is 0 Å². The summed E-state index contributed by atoms with van der Waals surface area (Å²) in [7, 11) is 1.66. The molecule has 0 aliphatic carbocycles. The number of rotatable bonds is 9. The molecule has 9 heteroatoms. The van der Waals surface area contributed by atoms with Gasteiger partial charge < -0.3 is 29.6 Å². The van der Waals surface area contributed by atoms with Gasteiger partial charge in [0.15, 0.2) is 11.7 Å². The summed E-state index contributed by atoms with van der Waals surface area (Å²) in [5, 5.41) is 7.00. The van der Waals surface area contributed by atoms with Crippen molar-refractivity contribution in [2.75, 3.05) is 23.9 Å². The van der Waals surface area contributed by atoms with Crippen LogP contribution in [0.15, 0.2) is 122 Å². The minimum absolute atomic E-state index is 0.0813. The number of ether oxygens (including phenoxy) is 2. The summed E-state index contributed by atoms with van der Waals surface area (Å²) in [6.07, 6.45) is 3.84. The summed E-state index contributed by atoms with van der Waals surface area (Å²) in [4.78, 5) is 19.3. The van der Waals surface area contributed by atoms with Crippen LogP contribution < -0.4 is 25.0 Å². The number of aromatic nitrogens is 2. The Morgan fingerprint density at radius 3 is 2.33 bits per heavy atom. The van der Waals surface area contributed by atoms with E-state index in [1.165, 1.54) is 0 Å². The maximum atomic E-state index is 12.5. The predicted molar refractivity (Wildman–Crippen MR) is 167 cm³/mol. The van der Waals surface area contributed by atoms with Gasteiger partial charge in [0.1, 0.15) is 17.5 Å². The van der Waals surface area contributed by atoms with E-state index in [0.29, 0.717) is 16.5 Å². The van der Waals surface area contributed by atoms with Crippen molar-refractivity contribution < 1.29 is 14.3 Å². The lowest BCUT2D eigenvalue weighted by Crippen LogP contribution is -2.30. The Kier molecular flexibility index (Phi) is 7.83. The highest BCUT2D eigenvalue weighted by Crippen LogP contribution is 2.42. The van der Waals surface area contributed by atoms with Crippen LogP contribution in [0.25, 0.3) is 5.69 Å². The molecule has 0 bridgehead atoms. The molecule has 210 valence electrons. The molecule has 5 aromatic rings. The number of nitrogens with one attached hydrogen (secondary N) is 2. The summed E-state index contributed by atoms with van der Waals surface area (Å²) >= 11 is 5.90. The van der Waals surface area contributed by atoms with Crippen molar-refractivity contribution in [2.45, 2.75) is 12.1 Å². The molecule has 2 aromatic heterocycles. The molecule has 1 amide bonds. The summed E-state index contributed by atoms with van der Waals surface area (Å²) < 4.78 is 13.1. The number of amides is 1. The Hall–Kier alpha value is -5.15. The topological polar surface area (TPSA) is 80.7 Å². The predicted octanol–water partition coefficient (Wildman–Crippen LogP) is 6.08. The Morgan fingerprint density at radius 2 is 1.62 bits per heavy atom. The number of anilines is 2. The van der Waals surface area contributed by atoms with E-state index in [2.05, 4.69) is 31.2 Å². The number of para-hydroxylation sites is 1. The monoisotopic (exact) mass is 575 g/mol. The summed E-state index contributed by atoms with van der Waals surface area (Å²) in [5.41, 5.74) is 4.48. The third-order valence-electron chi connectivity index (χ3n) is 7.07. The first-order valence-electron chi connectivity index (χ1n) is 13.5. The quantitative estimate of drug-likeness (QED) is 0.206. The number of benzene rings is 3. The SMILES string of the molecule is COc1ccc(-n2cccc2[C@H]2[C@@H](c3ccccn3)NC(=S)N2c2ccc(NC(=O)COc3ccccc3)cc2)cc1. The molecule has 0 spiro atoms. The summed E-state index contributed by atoms with van der Waals surface area (Å²) in [6, 6.07) is 34.5. The fraction of sp³-hybridized carbons (Fsp3) is 0.121. The van der Waals surface area contributed by atoms with E-state index in [1.54, 1.807) is 13.3 Å². The molecule has 42 heavy (non-hydrogen) atoms. The number of carbonyl (C=O) groups excluding carboxylic acids is 1. The van der Waals surface area contributed by atoms with Crippen molar-refractivity contribution in [3.8, 4) is 17.2 Å². The first kappa shape index (κ1) is 27.0. The zero-order chi connectivity index (χ0) is 28.9. The van der Waals surface area contributed by atoms with Crippen LogP contribution in [0.3, 0.4) is 0 Å². The van der Waals surface area contributed by atoms with E-state index >= 15 is 0 Å². The third-order valence-corrected chi connectivity index (χ3v) is 7.39. The minimum atomic E-state index is -0.240. The average Bonchev–Trinajstić information content (AvgIpc) is 3.66. The Morgan fingerprint density at radius 1 is 0.881 bits per heavy atom. The highest BCUT2D eigenvalue weighted by atomic mass is 32.1. The van der Waals surface area contributed by atoms with E-state index in [4.69, 9.17) is 21.7 Å². The zero-order valence-electron chi connectivity index (χ0n) is 22.9. The Labute approximate surface area is 249 Å². The molecule has 1 aliphatic rings. The highest BCUT2D eigenvalue weighted by molar-refractivity contribution is 7.80. The number of methoxy groups -OCH3 is 1. The number of hydrogen-bond donors (Lipinski definition) is 2. The van der Waals surface area contributed by atoms with Crippen LogP contribution in [0.4, 0.5) is 11.4 Å². The molecule has 6 rings (SSSR count). The van der Waals surface area contributed by atoms with Crippen LogP contribution in [0.1, 0.15) is 23.5 Å². The fourth-order valence-electron chi connectivity index (χ4n) is 5.11. The molecule has 0 unspecified atom stereocenters. The molecule has 2 atom stereocenters. The first-order chi connectivity index (χ1) is 20.6. The van der Waals surface area contributed by atoms with Gasteiger partial charge in [-0.15, -0.1) is 0 Å². The fourth-order valence-corrected chi connectivity index (χ4v) is 5.46. The Bertz CT molecular complexity index is 1660. The number of nitrogens with zero attached hydrogens (tertiary/aromatic N) is 3. The van der Waals surface area contributed by atoms with Crippen molar-refractivity contribution in [3.05, 3.63) is 133 Å². The molecule has 1 fully saturated rings. The van der Waals surface area contributed by atoms with Gasteiger partial charge in [-0.05, 0) is 97.1 Å². The van der Waals surface area contributed by atoms with E-state index in [9.17, 15) is 4.79 Å². The van der Waals surface area contributed by atoms with Gasteiger partial charge in [0.05, 0.1) is 18.8 Å². The van der Waals surface area contributed by atoms with E-state index in [-0.39, 0.29) is 24.6 Å². The number of carbonyl (C=O) groups is 1. The second kappa shape index (κ2) is 12.2. The van der Waals surface area contributed by atoms with Crippen LogP contribution in [-0.2, 0) is 4.79 Å². The molecule has 8 nitrogen and oxygen atoms in total. The molecule has 0 radical (unpaired) electrons. The van der Waals surface area contributed by atoms with Gasteiger partial charge in [-0.2, -0.15) is 0 Å². The van der Waals surface area contributed by atoms with Crippen LogP contribution in [0, 0.1) is 0 Å². The van der Waals surface area contributed by atoms with Gasteiger partial charge in [0, 0.05) is 35.1 Å². The molecule has 3 aromatic carbocycles. The molecule has 2 N–H and O–H groups in total. The molecule has 1 saturated heterocycles. The van der Waals surface area contributed by atoms with Crippen molar-refractivity contribution >= 4 is 34.6 Å². The average molecular weight is 576 g/mol. The summed E-state index contributed by atoms with van der Waals surface area (Å²) in [5.74, 6) is 1.20. The maximum absolute atomic E-state index is 12.5. The largest absolute Gasteiger partial charge is 0.497 e. The molecule has 3 heterocycles. The van der Waals surface area contributed by atoms with Crippen LogP contribution in [0.5, 0.6) is 11.5 Å². The minimum Gasteiger partial charge on any atom is -0.497 e. The lowest BCUT2D eigenvalue weighted by Gasteiger charge is -2.29. The number of thiocarbonyl (C=S) groups is 1. The lowest BCUT2D eigenvalue weighted by molar-refractivity contribution is -0.118. The number of pyridine rings is 1. The Balaban J connectivity index is 1.28. The number of hydrogen-bond acceptors (Lipinski definition) is 5. The third kappa shape index (κ3) is 5.68. The van der Waals surface area contributed by atoms with Gasteiger partial charge in [-0.25, -0.2) is 0 Å². The van der Waals surface area contributed by atoms with Gasteiger partial charge >= 0.3 is 0 Å². The van der Waals surface area contributed by atoms with Crippen molar-refractivity contribution in [2.24, 2.45) is 0 Å². The normalized spacial score (nSPS) is 16.1. The van der Waals surface area contributed by atoms with Gasteiger partial charge in [0.25, 0.3) is 5.91 Å². The smallest absolute Gasteiger partial charge is 0.262 e. The van der Waals surface area contributed by atoms with Gasteiger partial charge in [-0.3, -0.25) is 9.78 Å². The second-order valence-corrected chi connectivity index (χ2v) is 10.1. The maximum Gasteiger partial charge on any atom is 0.262 e. The van der Waals surface area contributed by atoms with Crippen LogP contribution in [-0.4, -0.2) is 34.3 Å². The van der Waals surface area contributed by atoms with E-state index in [0.717, 1.165) is 28.5 Å². The van der Waals surface area contributed by atoms with Crippen LogP contribution in [0.2, 0.25) is 0 Å². The summed E-state index contributed by atoms with van der Waals surface area (Å²) in [6.45, 7) is -0.0813. The first-order valence-corrected chi connectivity index (χ1v) is 13.9. The zero-order valence-corrected chi connectivity index (χ0v) is 23.7. The second-order valence-electron chi connectivity index (χ2n) is 9.69. The molecular weight excluding hydrogens is 546 g/mol. The van der Waals surface area contributed by atoms with Crippen molar-refractivity contribution in [1.82, 2.24) is 14.9 Å². The molecule has 0 saturated carbocycles. The highest BCUT2D eigenvalue weighted by Gasteiger charge is 2.42. The van der Waals surface area contributed by atoms with Gasteiger partial charge in [-0.1, -0.05) is 24.3 Å². The van der Waals surface area contributed by atoms with E-state index in [1.807, 2.05) is 109 Å². The van der Waals surface area contributed by atoms with Gasteiger partial charge in [0.2, 0.25) is 0 Å². The van der Waals surface area contributed by atoms with Crippen LogP contribution >= 0.6 is 12.2 Å². The van der Waals surface area contributed by atoms with Crippen molar-refractivity contribution in [3.63, 3.8) is 0 Å². The lowest BCUT2D eigenvalue weighted by atomic mass is 10.0. The van der Waals surface area contributed by atoms with E-state index < -0.39 is 0 Å². The molecule has 1 aliphatic heterocycles. The standard InChI is InChI=1S/C33H29N5O3S/c1-40-26-18-16-24(17-19-26)37-21-7-11-29(37)32-31(28-10-5-6-20-34-28)36-33(42)38(32)25-14-12-23(13-15-25)35-30(39)22-41-27-8-3-2-4-9-27/h2-21,31-32H,22H2,1H3,(H,35,39)(H,36,42)/t31-,32+/m1/s1.